The molecule has 0 aliphatic carbocycles. The molecule has 0 spiro atoms. The van der Waals surface area contributed by atoms with Crippen molar-refractivity contribution in [3.8, 4) is 0 Å². The van der Waals surface area contributed by atoms with E-state index < -0.39 is 12.1 Å². The highest BCUT2D eigenvalue weighted by atomic mass is 19.4. The number of halogens is 3. The van der Waals surface area contributed by atoms with E-state index in [0.29, 0.717) is 6.04 Å². The maximum atomic E-state index is 11.7. The van der Waals surface area contributed by atoms with E-state index in [1.807, 2.05) is 18.3 Å². The van der Waals surface area contributed by atoms with Crippen LogP contribution in [0.5, 0.6) is 0 Å². The second kappa shape index (κ2) is 9.14. The molecule has 7 nitrogen and oxygen atoms in total. The summed E-state index contributed by atoms with van der Waals surface area (Å²) in [5, 5.41) is 9.80. The smallest absolute Gasteiger partial charge is 0.475 e. The van der Waals surface area contributed by atoms with Gasteiger partial charge in [-0.05, 0) is 31.4 Å². The number of ether oxygens (including phenoxy) is 1. The van der Waals surface area contributed by atoms with Gasteiger partial charge in [0.25, 0.3) is 0 Å². The maximum absolute atomic E-state index is 11.7. The zero-order chi connectivity index (χ0) is 20.0. The van der Waals surface area contributed by atoms with Gasteiger partial charge in [0, 0.05) is 32.4 Å². The molecule has 150 valence electrons. The summed E-state index contributed by atoms with van der Waals surface area (Å²) in [4.78, 5) is 27.4. The number of nitrogens with zero attached hydrogens (tertiary/aromatic N) is 2. The zero-order valence-corrected chi connectivity index (χ0v) is 14.8. The Hall–Kier alpha value is -2.20. The van der Waals surface area contributed by atoms with E-state index in [4.69, 9.17) is 14.6 Å². The van der Waals surface area contributed by atoms with Crippen molar-refractivity contribution in [1.82, 2.24) is 15.2 Å². The molecule has 1 aromatic heterocycles. The van der Waals surface area contributed by atoms with Crippen LogP contribution in [0.3, 0.4) is 0 Å². The number of likely N-dealkylation sites (N-methyl/N-ethyl adjacent to an activating group) is 1. The molecule has 2 aliphatic heterocycles. The third-order valence-corrected chi connectivity index (χ3v) is 4.54. The van der Waals surface area contributed by atoms with Gasteiger partial charge in [0.05, 0.1) is 11.8 Å². The van der Waals surface area contributed by atoms with Crippen LogP contribution in [-0.4, -0.2) is 64.9 Å². The molecule has 0 unspecified atom stereocenters. The molecule has 3 atom stereocenters. The molecule has 2 fully saturated rings. The Morgan fingerprint density at radius 2 is 2.04 bits per heavy atom. The number of carbonyl (C=O) groups is 2. The van der Waals surface area contributed by atoms with Gasteiger partial charge >= 0.3 is 12.1 Å². The van der Waals surface area contributed by atoms with Crippen LogP contribution in [-0.2, 0) is 20.9 Å². The van der Waals surface area contributed by atoms with Crippen LogP contribution in [0, 0.1) is 0 Å². The van der Waals surface area contributed by atoms with Crippen molar-refractivity contribution in [1.29, 1.82) is 0 Å². The van der Waals surface area contributed by atoms with Gasteiger partial charge in [0.15, 0.2) is 0 Å². The molecule has 2 N–H and O–H groups in total. The number of aromatic nitrogens is 1. The second-order valence-electron chi connectivity index (χ2n) is 6.31. The normalized spacial score (nSPS) is 25.1. The van der Waals surface area contributed by atoms with E-state index in [2.05, 4.69) is 21.3 Å². The van der Waals surface area contributed by atoms with E-state index in [1.54, 1.807) is 7.05 Å². The lowest BCUT2D eigenvalue weighted by atomic mass is 9.98. The number of aliphatic carboxylic acids is 1. The minimum absolute atomic E-state index is 0.00614. The summed E-state index contributed by atoms with van der Waals surface area (Å²) in [5.41, 5.74) is 1.10. The zero-order valence-electron chi connectivity index (χ0n) is 14.8. The lowest BCUT2D eigenvalue weighted by Crippen LogP contribution is -2.47. The summed E-state index contributed by atoms with van der Waals surface area (Å²) in [6.45, 7) is 1.89. The van der Waals surface area contributed by atoms with Gasteiger partial charge in [-0.1, -0.05) is 6.07 Å². The van der Waals surface area contributed by atoms with Crippen LogP contribution >= 0.6 is 0 Å². The number of carboxylic acid groups (broad SMARTS) is 1. The van der Waals surface area contributed by atoms with Crippen molar-refractivity contribution in [3.63, 3.8) is 0 Å². The Balaban J connectivity index is 0.000000321. The van der Waals surface area contributed by atoms with Crippen LogP contribution in [0.15, 0.2) is 24.4 Å². The number of hydrogen-bond acceptors (Lipinski definition) is 5. The molecule has 3 rings (SSSR count). The third-order valence-electron chi connectivity index (χ3n) is 4.54. The van der Waals surface area contributed by atoms with Crippen molar-refractivity contribution in [3.05, 3.63) is 30.1 Å². The number of fused-ring (bicyclic) bond motifs is 1. The average molecular weight is 389 g/mol. The third kappa shape index (κ3) is 5.90. The summed E-state index contributed by atoms with van der Waals surface area (Å²) in [5.74, 6) is -2.75. The SMILES string of the molecule is CNC(=O)[C@H]1CC[C@@H]2[C@@H](CCN2Cc2ccccn2)O1.O=C(O)C(F)(F)F. The van der Waals surface area contributed by atoms with Crippen LogP contribution in [0.25, 0.3) is 0 Å². The second-order valence-corrected chi connectivity index (χ2v) is 6.31. The standard InChI is InChI=1S/C15H21N3O2.C2HF3O2/c1-16-15(19)14-6-5-12-13(20-14)7-9-18(12)10-11-4-2-3-8-17-11;3-2(4,5)1(6)7/h2-4,8,12-14H,5-7,9-10H2,1H3,(H,16,19);(H,6,7)/t12-,13-,14-;/m1./s1. The molecular weight excluding hydrogens is 367 g/mol. The molecule has 0 radical (unpaired) electrons. The highest BCUT2D eigenvalue weighted by Gasteiger charge is 2.41. The first kappa shape index (κ1) is 21.1. The quantitative estimate of drug-likeness (QED) is 0.816. The van der Waals surface area contributed by atoms with E-state index in [1.165, 1.54) is 0 Å². The van der Waals surface area contributed by atoms with Crippen LogP contribution in [0.1, 0.15) is 25.0 Å². The Kier molecular flexibility index (Phi) is 7.14. The number of alkyl halides is 3. The molecule has 2 saturated heterocycles. The molecule has 0 aromatic carbocycles. The van der Waals surface area contributed by atoms with Crippen LogP contribution in [0.4, 0.5) is 13.2 Å². The number of nitrogens with one attached hydrogen (secondary N) is 1. The number of hydrogen-bond donors (Lipinski definition) is 2. The Morgan fingerprint density at radius 1 is 1.33 bits per heavy atom. The number of likely N-dealkylation sites (tertiary alicyclic amines) is 1. The fourth-order valence-corrected chi connectivity index (χ4v) is 3.26. The van der Waals surface area contributed by atoms with Crippen molar-refractivity contribution >= 4 is 11.9 Å². The lowest BCUT2D eigenvalue weighted by Gasteiger charge is -2.35. The summed E-state index contributed by atoms with van der Waals surface area (Å²) in [7, 11) is 1.67. The van der Waals surface area contributed by atoms with E-state index >= 15 is 0 Å². The summed E-state index contributed by atoms with van der Waals surface area (Å²) in [6.07, 6.45) is -0.493. The Labute approximate surface area is 154 Å². The Morgan fingerprint density at radius 3 is 2.59 bits per heavy atom. The molecule has 1 amide bonds. The number of rotatable bonds is 3. The average Bonchev–Trinajstić information content (AvgIpc) is 3.03. The van der Waals surface area contributed by atoms with Crippen molar-refractivity contribution in [2.45, 2.75) is 50.2 Å². The molecule has 3 heterocycles. The van der Waals surface area contributed by atoms with Gasteiger partial charge in [-0.25, -0.2) is 4.79 Å². The predicted molar refractivity (Wildman–Crippen MR) is 88.7 cm³/mol. The summed E-state index contributed by atoms with van der Waals surface area (Å²) < 4.78 is 37.7. The van der Waals surface area contributed by atoms with Gasteiger partial charge in [0.2, 0.25) is 5.91 Å². The molecule has 27 heavy (non-hydrogen) atoms. The minimum atomic E-state index is -5.08. The van der Waals surface area contributed by atoms with Crippen LogP contribution < -0.4 is 5.32 Å². The topological polar surface area (TPSA) is 91.8 Å². The fourth-order valence-electron chi connectivity index (χ4n) is 3.26. The van der Waals surface area contributed by atoms with Crippen molar-refractivity contribution < 1.29 is 32.6 Å². The maximum Gasteiger partial charge on any atom is 0.490 e. The number of amides is 1. The summed E-state index contributed by atoms with van der Waals surface area (Å²) in [6, 6.07) is 6.45. The molecular formula is C17H22F3N3O4. The molecule has 0 saturated carbocycles. The van der Waals surface area contributed by atoms with E-state index in [0.717, 1.165) is 38.0 Å². The highest BCUT2D eigenvalue weighted by Crippen LogP contribution is 2.32. The fraction of sp³-hybridized carbons (Fsp3) is 0.588. The van der Waals surface area contributed by atoms with E-state index in [-0.39, 0.29) is 18.1 Å². The van der Waals surface area contributed by atoms with Gasteiger partial charge in [-0.2, -0.15) is 13.2 Å². The van der Waals surface area contributed by atoms with E-state index in [9.17, 15) is 18.0 Å². The van der Waals surface area contributed by atoms with Crippen molar-refractivity contribution in [2.24, 2.45) is 0 Å². The first-order valence-corrected chi connectivity index (χ1v) is 8.53. The molecule has 1 aromatic rings. The highest BCUT2D eigenvalue weighted by molar-refractivity contribution is 5.80. The minimum Gasteiger partial charge on any atom is -0.475 e. The van der Waals surface area contributed by atoms with Gasteiger partial charge in [-0.15, -0.1) is 0 Å². The first-order valence-electron chi connectivity index (χ1n) is 8.53. The molecule has 0 bridgehead atoms. The number of carboxylic acids is 1. The predicted octanol–water partition coefficient (Wildman–Crippen LogP) is 1.58. The molecule has 2 aliphatic rings. The van der Waals surface area contributed by atoms with Gasteiger partial charge in [-0.3, -0.25) is 14.7 Å². The largest absolute Gasteiger partial charge is 0.490 e. The monoisotopic (exact) mass is 389 g/mol. The van der Waals surface area contributed by atoms with Crippen LogP contribution in [0.2, 0.25) is 0 Å². The van der Waals surface area contributed by atoms with Crippen molar-refractivity contribution in [2.75, 3.05) is 13.6 Å². The molecule has 10 heteroatoms. The van der Waals surface area contributed by atoms with Gasteiger partial charge in [0.1, 0.15) is 6.10 Å². The number of pyridine rings is 1. The lowest BCUT2D eigenvalue weighted by molar-refractivity contribution is -0.192. The van der Waals surface area contributed by atoms with Gasteiger partial charge < -0.3 is 15.2 Å². The summed E-state index contributed by atoms with van der Waals surface area (Å²) >= 11 is 0. The number of carbonyl (C=O) groups excluding carboxylic acids is 1. The Bertz CT molecular complexity index is 642. The first-order chi connectivity index (χ1) is 12.7.